The Hall–Kier alpha value is -6.52. The molecule has 0 radical (unpaired) electrons. The number of nitrogens with one attached hydrogen (secondary N) is 4. The SMILES string of the molecule is Cc1csc2c(OCc3ccccc3)cc3c(c12)[C@H](CCl)CN3C(=O)Nc1ccc(C(=O)Nc2cc(C(=O)Nc3cc(C(=O)NCCC(N)=O)n(C)c3)n(C)c2)n1C. The predicted octanol–water partition coefficient (Wildman–Crippen LogP) is 6.29. The van der Waals surface area contributed by atoms with Crippen LogP contribution < -0.4 is 36.6 Å². The molecule has 2 aromatic carbocycles. The van der Waals surface area contributed by atoms with Crippen molar-refractivity contribution in [3.05, 3.63) is 112 Å². The quantitative estimate of drug-likeness (QED) is 0.0853. The van der Waals surface area contributed by atoms with E-state index in [2.05, 4.69) is 33.6 Å². The molecule has 1 aliphatic heterocycles. The molecule has 0 saturated heterocycles. The van der Waals surface area contributed by atoms with Crippen LogP contribution in [0.5, 0.6) is 5.75 Å². The largest absolute Gasteiger partial charge is 0.487 e. The van der Waals surface area contributed by atoms with Crippen molar-refractivity contribution < 1.29 is 28.7 Å². The number of anilines is 4. The summed E-state index contributed by atoms with van der Waals surface area (Å²) < 4.78 is 12.1. The first-order chi connectivity index (χ1) is 27.8. The summed E-state index contributed by atoms with van der Waals surface area (Å²) in [7, 11) is 4.99. The van der Waals surface area contributed by atoms with Crippen LogP contribution in [0.2, 0.25) is 0 Å². The van der Waals surface area contributed by atoms with Gasteiger partial charge in [-0.2, -0.15) is 0 Å². The number of benzene rings is 2. The fourth-order valence-electron chi connectivity index (χ4n) is 7.10. The van der Waals surface area contributed by atoms with E-state index in [1.54, 1.807) is 75.6 Å². The molecule has 1 atom stereocenters. The first-order valence-electron chi connectivity index (χ1n) is 18.4. The van der Waals surface area contributed by atoms with Crippen LogP contribution in [0.1, 0.15) is 60.5 Å². The summed E-state index contributed by atoms with van der Waals surface area (Å²) in [6.45, 7) is 2.89. The normalized spacial score (nSPS) is 13.3. The maximum absolute atomic E-state index is 14.0. The minimum atomic E-state index is -0.531. The van der Waals surface area contributed by atoms with Gasteiger partial charge in [0.2, 0.25) is 5.91 Å². The average Bonchev–Trinajstić information content (AvgIpc) is 4.02. The van der Waals surface area contributed by atoms with Gasteiger partial charge in [0.1, 0.15) is 35.3 Å². The number of nitrogens with two attached hydrogens (primary N) is 1. The topological polar surface area (TPSA) is 187 Å². The van der Waals surface area contributed by atoms with Crippen LogP contribution in [0.25, 0.3) is 10.1 Å². The predicted molar refractivity (Wildman–Crippen MR) is 225 cm³/mol. The molecule has 0 spiro atoms. The third kappa shape index (κ3) is 8.01. The van der Waals surface area contributed by atoms with Gasteiger partial charge in [-0.05, 0) is 53.3 Å². The lowest BCUT2D eigenvalue weighted by molar-refractivity contribution is -0.117. The van der Waals surface area contributed by atoms with Gasteiger partial charge in [-0.3, -0.25) is 29.4 Å². The lowest BCUT2D eigenvalue weighted by Crippen LogP contribution is -2.35. The number of alkyl halides is 1. The zero-order chi connectivity index (χ0) is 41.2. The number of halogens is 1. The van der Waals surface area contributed by atoms with E-state index in [9.17, 15) is 24.0 Å². The molecular weight excluding hydrogens is 782 g/mol. The number of aromatic nitrogens is 3. The molecule has 58 heavy (non-hydrogen) atoms. The summed E-state index contributed by atoms with van der Waals surface area (Å²) in [6.07, 6.45) is 3.19. The number of aryl methyl sites for hydroxylation is 3. The Balaban J connectivity index is 1.03. The van der Waals surface area contributed by atoms with Crippen molar-refractivity contribution in [2.24, 2.45) is 26.9 Å². The molecule has 300 valence electrons. The van der Waals surface area contributed by atoms with Crippen LogP contribution >= 0.6 is 22.9 Å². The lowest BCUT2D eigenvalue weighted by Gasteiger charge is -2.20. The second kappa shape index (κ2) is 16.5. The van der Waals surface area contributed by atoms with Gasteiger partial charge in [-0.25, -0.2) is 4.79 Å². The van der Waals surface area contributed by atoms with Crippen LogP contribution in [-0.4, -0.2) is 62.3 Å². The zero-order valence-electron chi connectivity index (χ0n) is 32.2. The highest BCUT2D eigenvalue weighted by atomic mass is 35.5. The number of carbonyl (C=O) groups excluding carboxylic acids is 5. The molecule has 6 amide bonds. The molecule has 7 rings (SSSR count). The molecule has 0 aliphatic carbocycles. The molecule has 15 nitrogen and oxygen atoms in total. The number of hydrogen-bond donors (Lipinski definition) is 5. The van der Waals surface area contributed by atoms with Gasteiger partial charge in [0.15, 0.2) is 0 Å². The number of ether oxygens (including phenoxy) is 1. The van der Waals surface area contributed by atoms with Gasteiger partial charge in [-0.15, -0.1) is 22.9 Å². The molecule has 0 saturated carbocycles. The van der Waals surface area contributed by atoms with Crippen LogP contribution in [0, 0.1) is 6.92 Å². The Kier molecular flexibility index (Phi) is 11.3. The summed E-state index contributed by atoms with van der Waals surface area (Å²) in [5, 5.41) is 14.3. The highest BCUT2D eigenvalue weighted by Gasteiger charge is 2.36. The van der Waals surface area contributed by atoms with E-state index in [0.29, 0.717) is 42.0 Å². The summed E-state index contributed by atoms with van der Waals surface area (Å²) in [5.41, 5.74) is 10.5. The van der Waals surface area contributed by atoms with Crippen molar-refractivity contribution in [3.8, 4) is 5.75 Å². The van der Waals surface area contributed by atoms with Gasteiger partial charge in [0.05, 0.1) is 21.8 Å². The molecule has 6 aromatic rings. The second-order valence-electron chi connectivity index (χ2n) is 14.1. The highest BCUT2D eigenvalue weighted by molar-refractivity contribution is 7.17. The van der Waals surface area contributed by atoms with E-state index >= 15 is 0 Å². The molecule has 1 aliphatic rings. The lowest BCUT2D eigenvalue weighted by atomic mass is 9.97. The third-order valence-electron chi connectivity index (χ3n) is 10.0. The van der Waals surface area contributed by atoms with Crippen molar-refractivity contribution in [1.29, 1.82) is 0 Å². The van der Waals surface area contributed by atoms with E-state index in [4.69, 9.17) is 22.1 Å². The van der Waals surface area contributed by atoms with Gasteiger partial charge >= 0.3 is 6.03 Å². The third-order valence-corrected chi connectivity index (χ3v) is 11.5. The zero-order valence-corrected chi connectivity index (χ0v) is 33.8. The summed E-state index contributed by atoms with van der Waals surface area (Å²) in [6, 6.07) is 17.7. The number of hydrogen-bond acceptors (Lipinski definition) is 7. The Morgan fingerprint density at radius 1 is 0.862 bits per heavy atom. The van der Waals surface area contributed by atoms with Crippen molar-refractivity contribution in [1.82, 2.24) is 19.0 Å². The van der Waals surface area contributed by atoms with Crippen molar-refractivity contribution >= 4 is 85.6 Å². The smallest absolute Gasteiger partial charge is 0.327 e. The number of amides is 6. The van der Waals surface area contributed by atoms with Crippen molar-refractivity contribution in [2.75, 3.05) is 39.8 Å². The van der Waals surface area contributed by atoms with Gasteiger partial charge in [-0.1, -0.05) is 30.3 Å². The highest BCUT2D eigenvalue weighted by Crippen LogP contribution is 2.49. The van der Waals surface area contributed by atoms with Crippen molar-refractivity contribution in [2.45, 2.75) is 25.9 Å². The Labute approximate surface area is 342 Å². The number of fused-ring (bicyclic) bond motifs is 3. The first kappa shape index (κ1) is 39.7. The monoisotopic (exact) mass is 823 g/mol. The van der Waals surface area contributed by atoms with E-state index in [0.717, 1.165) is 32.5 Å². The summed E-state index contributed by atoms with van der Waals surface area (Å²) in [5.74, 6) is -0.555. The van der Waals surface area contributed by atoms with Crippen LogP contribution in [0.3, 0.4) is 0 Å². The maximum Gasteiger partial charge on any atom is 0.327 e. The van der Waals surface area contributed by atoms with Crippen molar-refractivity contribution in [3.63, 3.8) is 0 Å². The van der Waals surface area contributed by atoms with Gasteiger partial charge in [0.25, 0.3) is 17.7 Å². The molecule has 0 unspecified atom stereocenters. The molecule has 5 heterocycles. The number of urea groups is 1. The van der Waals surface area contributed by atoms with Gasteiger partial charge < -0.3 is 40.1 Å². The number of rotatable bonds is 13. The van der Waals surface area contributed by atoms with Crippen LogP contribution in [0.4, 0.5) is 27.7 Å². The molecule has 17 heteroatoms. The van der Waals surface area contributed by atoms with Crippen LogP contribution in [0.15, 0.2) is 78.4 Å². The van der Waals surface area contributed by atoms with Gasteiger partial charge in [0, 0.05) is 76.3 Å². The maximum atomic E-state index is 14.0. The molecule has 0 bridgehead atoms. The number of thiophene rings is 1. The van der Waals surface area contributed by atoms with E-state index in [1.165, 1.54) is 12.1 Å². The Morgan fingerprint density at radius 3 is 2.17 bits per heavy atom. The fraction of sp³-hybridized carbons (Fsp3) is 0.244. The molecular formula is C41H42ClN9O6S. The fourth-order valence-corrected chi connectivity index (χ4v) is 8.39. The van der Waals surface area contributed by atoms with Crippen LogP contribution in [-0.2, 0) is 32.5 Å². The molecule has 4 aromatic heterocycles. The summed E-state index contributed by atoms with van der Waals surface area (Å²) >= 11 is 8.13. The summed E-state index contributed by atoms with van der Waals surface area (Å²) in [4.78, 5) is 66.0. The standard InChI is InChI=1S/C41H42ClN9O6S/c1-23-22-58-37-32(57-21-24-8-6-5-7-9-24)16-29-36(35(23)37)25(17-42)18-51(29)41(56)47-34-11-10-28(50(34)4)39(54)45-27-15-31(49(3)20-27)40(55)46-26-14-30(48(2)19-26)38(53)44-13-12-33(43)52/h5-11,14-16,19-20,22,25H,12-13,17-18,21H2,1-4H3,(H2,43,52)(H,44,53)(H,45,54)(H,46,55)(H,47,56)/t25-/m1/s1. The number of nitrogens with zero attached hydrogens (tertiary/aromatic N) is 4. The number of carbonyl (C=O) groups is 5. The van der Waals surface area contributed by atoms with E-state index in [1.807, 2.05) is 36.4 Å². The average molecular weight is 824 g/mol. The second-order valence-corrected chi connectivity index (χ2v) is 15.3. The first-order valence-corrected chi connectivity index (χ1v) is 19.8. The van der Waals surface area contributed by atoms with E-state index in [-0.39, 0.29) is 42.0 Å². The minimum Gasteiger partial charge on any atom is -0.487 e. The Bertz CT molecular complexity index is 2570. The number of primary amides is 1. The van der Waals surface area contributed by atoms with E-state index < -0.39 is 23.6 Å². The molecule has 6 N–H and O–H groups in total. The Morgan fingerprint density at radius 2 is 1.52 bits per heavy atom. The molecule has 0 fully saturated rings. The minimum absolute atomic E-state index is 0.00426.